The van der Waals surface area contributed by atoms with Crippen LogP contribution in [-0.2, 0) is 4.74 Å². The zero-order valence-electron chi connectivity index (χ0n) is 15.5. The van der Waals surface area contributed by atoms with Crippen LogP contribution < -0.4 is 10.1 Å². The van der Waals surface area contributed by atoms with E-state index in [4.69, 9.17) is 9.47 Å². The fraction of sp³-hybridized carbons (Fsp3) is 0.611. The number of benzene rings is 1. The van der Waals surface area contributed by atoms with Gasteiger partial charge in [-0.3, -0.25) is 4.99 Å². The summed E-state index contributed by atoms with van der Waals surface area (Å²) in [6.07, 6.45) is 0. The van der Waals surface area contributed by atoms with Gasteiger partial charge in [0.25, 0.3) is 0 Å². The quantitative estimate of drug-likeness (QED) is 0.491. The number of hydrogen-bond donors (Lipinski definition) is 1. The highest BCUT2D eigenvalue weighted by Crippen LogP contribution is 2.07. The molecule has 0 spiro atoms. The van der Waals surface area contributed by atoms with E-state index in [-0.39, 0.29) is 0 Å². The number of likely N-dealkylation sites (N-methyl/N-ethyl adjacent to an activating group) is 2. The predicted octanol–water partition coefficient (Wildman–Crippen LogP) is 1.54. The van der Waals surface area contributed by atoms with E-state index < -0.39 is 0 Å². The molecule has 24 heavy (non-hydrogen) atoms. The van der Waals surface area contributed by atoms with Gasteiger partial charge in [0.2, 0.25) is 0 Å². The molecule has 0 aliphatic heterocycles. The molecule has 0 saturated carbocycles. The second-order valence-corrected chi connectivity index (χ2v) is 5.61. The van der Waals surface area contributed by atoms with Gasteiger partial charge in [-0.25, -0.2) is 0 Å². The summed E-state index contributed by atoms with van der Waals surface area (Å²) in [5, 5.41) is 3.33. The maximum absolute atomic E-state index is 5.75. The Morgan fingerprint density at radius 2 is 1.83 bits per heavy atom. The van der Waals surface area contributed by atoms with Crippen molar-refractivity contribution in [1.29, 1.82) is 0 Å². The summed E-state index contributed by atoms with van der Waals surface area (Å²) in [6, 6.07) is 9.87. The lowest BCUT2D eigenvalue weighted by Crippen LogP contribution is -2.41. The smallest absolute Gasteiger partial charge is 0.193 e. The van der Waals surface area contributed by atoms with Gasteiger partial charge in [0.15, 0.2) is 5.96 Å². The summed E-state index contributed by atoms with van der Waals surface area (Å²) >= 11 is 0. The molecule has 1 rings (SSSR count). The van der Waals surface area contributed by atoms with Crippen molar-refractivity contribution in [1.82, 2.24) is 15.1 Å². The summed E-state index contributed by atoms with van der Waals surface area (Å²) in [5.41, 5.74) is 0. The Labute approximate surface area is 146 Å². The molecule has 0 unspecified atom stereocenters. The van der Waals surface area contributed by atoms with Crippen LogP contribution in [0.1, 0.15) is 6.92 Å². The number of aliphatic imine (C=N–C) groups is 1. The van der Waals surface area contributed by atoms with Crippen LogP contribution >= 0.6 is 0 Å². The lowest BCUT2D eigenvalue weighted by Gasteiger charge is -2.22. The summed E-state index contributed by atoms with van der Waals surface area (Å²) in [5.74, 6) is 1.81. The molecule has 0 bridgehead atoms. The molecule has 0 aliphatic rings. The number of nitrogens with zero attached hydrogens (tertiary/aromatic N) is 3. The largest absolute Gasteiger partial charge is 0.492 e. The van der Waals surface area contributed by atoms with E-state index in [1.165, 1.54) is 0 Å². The van der Waals surface area contributed by atoms with Crippen molar-refractivity contribution in [2.45, 2.75) is 6.92 Å². The number of methoxy groups -OCH3 is 1. The SMILES string of the molecule is CCNC(=NCCN(C)CCOC)N(C)CCOc1ccccc1. The van der Waals surface area contributed by atoms with Gasteiger partial charge in [-0.1, -0.05) is 18.2 Å². The van der Waals surface area contributed by atoms with Crippen molar-refractivity contribution < 1.29 is 9.47 Å². The van der Waals surface area contributed by atoms with Gasteiger partial charge in [0.1, 0.15) is 12.4 Å². The number of hydrogen-bond acceptors (Lipinski definition) is 4. The monoisotopic (exact) mass is 336 g/mol. The maximum atomic E-state index is 5.75. The first-order chi connectivity index (χ1) is 11.7. The van der Waals surface area contributed by atoms with Crippen molar-refractivity contribution in [3.8, 4) is 5.75 Å². The first kappa shape index (κ1) is 20.3. The maximum Gasteiger partial charge on any atom is 0.193 e. The second kappa shape index (κ2) is 12.6. The number of para-hydroxylation sites is 1. The Morgan fingerprint density at radius 1 is 1.08 bits per heavy atom. The minimum absolute atomic E-state index is 0.624. The van der Waals surface area contributed by atoms with Gasteiger partial charge >= 0.3 is 0 Å². The Hall–Kier alpha value is -1.79. The Kier molecular flexibility index (Phi) is 10.6. The molecule has 0 heterocycles. The van der Waals surface area contributed by atoms with Crippen LogP contribution in [0.5, 0.6) is 5.75 Å². The molecule has 1 aromatic carbocycles. The van der Waals surface area contributed by atoms with Crippen LogP contribution in [0.2, 0.25) is 0 Å². The van der Waals surface area contributed by atoms with E-state index >= 15 is 0 Å². The Balaban J connectivity index is 2.37. The van der Waals surface area contributed by atoms with Gasteiger partial charge in [0, 0.05) is 33.8 Å². The molecule has 0 fully saturated rings. The second-order valence-electron chi connectivity index (χ2n) is 5.61. The average molecular weight is 336 g/mol. The van der Waals surface area contributed by atoms with E-state index in [1.54, 1.807) is 7.11 Å². The molecule has 6 heteroatoms. The summed E-state index contributed by atoms with van der Waals surface area (Å²) < 4.78 is 10.8. The van der Waals surface area contributed by atoms with Gasteiger partial charge in [-0.05, 0) is 26.1 Å². The van der Waals surface area contributed by atoms with Crippen LogP contribution in [-0.4, -0.2) is 82.9 Å². The molecule has 0 radical (unpaired) electrons. The van der Waals surface area contributed by atoms with E-state index in [2.05, 4.69) is 34.1 Å². The normalized spacial score (nSPS) is 11.6. The number of rotatable bonds is 11. The van der Waals surface area contributed by atoms with Crippen molar-refractivity contribution in [2.24, 2.45) is 4.99 Å². The van der Waals surface area contributed by atoms with Crippen LogP contribution in [0.15, 0.2) is 35.3 Å². The number of guanidine groups is 1. The highest BCUT2D eigenvalue weighted by molar-refractivity contribution is 5.79. The standard InChI is InChI=1S/C18H32N4O2/c1-5-19-18(20-11-12-21(2)13-15-23-4)22(3)14-16-24-17-9-7-6-8-10-17/h6-10H,5,11-16H2,1-4H3,(H,19,20). The fourth-order valence-electron chi connectivity index (χ4n) is 2.08. The van der Waals surface area contributed by atoms with Crippen molar-refractivity contribution >= 4 is 5.96 Å². The minimum atomic E-state index is 0.624. The summed E-state index contributed by atoms with van der Waals surface area (Å²) in [6.45, 7) is 7.66. The molecule has 0 aromatic heterocycles. The van der Waals surface area contributed by atoms with E-state index in [1.807, 2.05) is 37.4 Å². The van der Waals surface area contributed by atoms with Crippen LogP contribution in [0.3, 0.4) is 0 Å². The molecular weight excluding hydrogens is 304 g/mol. The van der Waals surface area contributed by atoms with Crippen LogP contribution in [0.25, 0.3) is 0 Å². The van der Waals surface area contributed by atoms with Gasteiger partial charge in [-0.2, -0.15) is 0 Å². The first-order valence-corrected chi connectivity index (χ1v) is 8.52. The summed E-state index contributed by atoms with van der Waals surface area (Å²) in [7, 11) is 5.84. The van der Waals surface area contributed by atoms with Crippen molar-refractivity contribution in [2.75, 3.05) is 67.1 Å². The first-order valence-electron chi connectivity index (χ1n) is 8.52. The predicted molar refractivity (Wildman–Crippen MR) is 99.9 cm³/mol. The lowest BCUT2D eigenvalue weighted by atomic mass is 10.3. The average Bonchev–Trinajstić information content (AvgIpc) is 2.60. The minimum Gasteiger partial charge on any atom is -0.492 e. The molecular formula is C18H32N4O2. The fourth-order valence-corrected chi connectivity index (χ4v) is 2.08. The third-order valence-corrected chi connectivity index (χ3v) is 3.56. The third kappa shape index (κ3) is 8.74. The molecule has 0 amide bonds. The zero-order valence-corrected chi connectivity index (χ0v) is 15.5. The molecule has 1 aromatic rings. The Morgan fingerprint density at radius 3 is 2.50 bits per heavy atom. The highest BCUT2D eigenvalue weighted by Gasteiger charge is 2.06. The van der Waals surface area contributed by atoms with E-state index in [0.717, 1.165) is 51.0 Å². The van der Waals surface area contributed by atoms with E-state index in [0.29, 0.717) is 6.61 Å². The number of ether oxygens (including phenoxy) is 2. The highest BCUT2D eigenvalue weighted by atomic mass is 16.5. The van der Waals surface area contributed by atoms with Gasteiger partial charge in [-0.15, -0.1) is 0 Å². The Bertz CT molecular complexity index is 454. The van der Waals surface area contributed by atoms with Crippen LogP contribution in [0, 0.1) is 0 Å². The van der Waals surface area contributed by atoms with Crippen LogP contribution in [0.4, 0.5) is 0 Å². The van der Waals surface area contributed by atoms with Crippen molar-refractivity contribution in [3.63, 3.8) is 0 Å². The molecule has 0 aliphatic carbocycles. The van der Waals surface area contributed by atoms with Gasteiger partial charge in [0.05, 0.1) is 19.7 Å². The third-order valence-electron chi connectivity index (χ3n) is 3.56. The molecule has 0 atom stereocenters. The van der Waals surface area contributed by atoms with Crippen molar-refractivity contribution in [3.05, 3.63) is 30.3 Å². The molecule has 1 N–H and O–H groups in total. The number of nitrogens with one attached hydrogen (secondary N) is 1. The molecule has 0 saturated heterocycles. The van der Waals surface area contributed by atoms with Gasteiger partial charge < -0.3 is 24.6 Å². The van der Waals surface area contributed by atoms with E-state index in [9.17, 15) is 0 Å². The molecule has 6 nitrogen and oxygen atoms in total. The molecule has 136 valence electrons. The zero-order chi connectivity index (χ0) is 17.6. The topological polar surface area (TPSA) is 49.3 Å². The summed E-state index contributed by atoms with van der Waals surface area (Å²) in [4.78, 5) is 9.00. The lowest BCUT2D eigenvalue weighted by molar-refractivity contribution is 0.163.